The van der Waals surface area contributed by atoms with Crippen molar-refractivity contribution < 1.29 is 5.11 Å². The van der Waals surface area contributed by atoms with Gasteiger partial charge in [0.25, 0.3) is 0 Å². The van der Waals surface area contributed by atoms with Gasteiger partial charge in [0, 0.05) is 17.6 Å². The molecule has 0 fully saturated rings. The summed E-state index contributed by atoms with van der Waals surface area (Å²) < 4.78 is 0. The van der Waals surface area contributed by atoms with Crippen LogP contribution in [-0.2, 0) is 0 Å². The third kappa shape index (κ3) is 3.26. The van der Waals surface area contributed by atoms with E-state index in [1.807, 2.05) is 12.1 Å². The zero-order valence-electron chi connectivity index (χ0n) is 12.6. The van der Waals surface area contributed by atoms with E-state index in [4.69, 9.17) is 0 Å². The Morgan fingerprint density at radius 2 is 1.78 bits per heavy atom. The maximum absolute atomic E-state index is 10.1. The van der Waals surface area contributed by atoms with Crippen LogP contribution in [0, 0.1) is 0 Å². The van der Waals surface area contributed by atoms with E-state index in [9.17, 15) is 5.11 Å². The molecule has 2 nitrogen and oxygen atoms in total. The average molecular weight is 249 g/mol. The van der Waals surface area contributed by atoms with Gasteiger partial charge < -0.3 is 5.11 Å². The van der Waals surface area contributed by atoms with Crippen LogP contribution in [0.5, 0.6) is 5.75 Å². The molecular weight excluding hydrogens is 222 g/mol. The smallest absolute Gasteiger partial charge is 0.120 e. The van der Waals surface area contributed by atoms with E-state index in [1.54, 1.807) is 0 Å². The quantitative estimate of drug-likeness (QED) is 0.840. The number of nitrogens with zero attached hydrogens (tertiary/aromatic N) is 1. The molecule has 1 N–H and O–H groups in total. The number of benzene rings is 1. The summed E-state index contributed by atoms with van der Waals surface area (Å²) >= 11 is 0. The summed E-state index contributed by atoms with van der Waals surface area (Å²) in [6, 6.07) is 6.73. The van der Waals surface area contributed by atoms with Crippen molar-refractivity contribution in [2.75, 3.05) is 7.05 Å². The second kappa shape index (κ2) is 6.24. The van der Waals surface area contributed by atoms with Crippen LogP contribution in [0.1, 0.15) is 64.1 Å². The molecular formula is C16H27NO. The summed E-state index contributed by atoms with van der Waals surface area (Å²) in [5.74, 6) is 0.896. The van der Waals surface area contributed by atoms with Gasteiger partial charge in [-0.15, -0.1) is 0 Å². The zero-order chi connectivity index (χ0) is 13.9. The minimum atomic E-state index is 0.235. The maximum atomic E-state index is 10.1. The van der Waals surface area contributed by atoms with Crippen LogP contribution in [0.15, 0.2) is 18.2 Å². The van der Waals surface area contributed by atoms with E-state index in [1.165, 1.54) is 5.56 Å². The third-order valence-corrected chi connectivity index (χ3v) is 4.07. The Morgan fingerprint density at radius 3 is 2.28 bits per heavy atom. The molecule has 0 heterocycles. The van der Waals surface area contributed by atoms with Crippen LogP contribution in [0.25, 0.3) is 0 Å². The van der Waals surface area contributed by atoms with E-state index in [-0.39, 0.29) is 6.04 Å². The van der Waals surface area contributed by atoms with Crippen molar-refractivity contribution in [3.63, 3.8) is 0 Å². The molecule has 1 aromatic carbocycles. The van der Waals surface area contributed by atoms with Gasteiger partial charge in [-0.1, -0.05) is 32.9 Å². The molecule has 0 radical (unpaired) electrons. The van der Waals surface area contributed by atoms with Crippen molar-refractivity contribution in [1.82, 2.24) is 4.90 Å². The predicted molar refractivity (Wildman–Crippen MR) is 78.1 cm³/mol. The van der Waals surface area contributed by atoms with Crippen LogP contribution in [0.2, 0.25) is 0 Å². The summed E-state index contributed by atoms with van der Waals surface area (Å²) in [7, 11) is 2.13. The van der Waals surface area contributed by atoms with Gasteiger partial charge in [-0.2, -0.15) is 0 Å². The molecule has 1 aromatic rings. The van der Waals surface area contributed by atoms with Gasteiger partial charge in [-0.25, -0.2) is 0 Å². The zero-order valence-corrected chi connectivity index (χ0v) is 12.6. The van der Waals surface area contributed by atoms with Crippen molar-refractivity contribution in [1.29, 1.82) is 0 Å². The normalized spacial score (nSPS) is 15.1. The fourth-order valence-corrected chi connectivity index (χ4v) is 2.16. The maximum Gasteiger partial charge on any atom is 0.120 e. The Labute approximate surface area is 112 Å². The number of hydrogen-bond acceptors (Lipinski definition) is 2. The van der Waals surface area contributed by atoms with Crippen molar-refractivity contribution in [3.05, 3.63) is 29.3 Å². The third-order valence-electron chi connectivity index (χ3n) is 4.07. The molecule has 2 atom stereocenters. The van der Waals surface area contributed by atoms with Crippen LogP contribution in [-0.4, -0.2) is 23.1 Å². The van der Waals surface area contributed by atoms with Gasteiger partial charge >= 0.3 is 0 Å². The molecule has 1 rings (SSSR count). The predicted octanol–water partition coefficient (Wildman–Crippen LogP) is 4.31. The van der Waals surface area contributed by atoms with Gasteiger partial charge in [0.15, 0.2) is 0 Å². The van der Waals surface area contributed by atoms with Crippen molar-refractivity contribution >= 4 is 0 Å². The first-order valence-electron chi connectivity index (χ1n) is 6.93. The van der Waals surface area contributed by atoms with Gasteiger partial charge in [-0.05, 0) is 44.9 Å². The molecule has 0 aliphatic carbocycles. The molecule has 0 aromatic heterocycles. The van der Waals surface area contributed by atoms with E-state index in [2.05, 4.69) is 52.6 Å². The van der Waals surface area contributed by atoms with Crippen LogP contribution in [0.4, 0.5) is 0 Å². The fourth-order valence-electron chi connectivity index (χ4n) is 2.16. The lowest BCUT2D eigenvalue weighted by atomic mass is 9.96. The first kappa shape index (κ1) is 15.0. The van der Waals surface area contributed by atoms with E-state index >= 15 is 0 Å². The lowest BCUT2D eigenvalue weighted by Crippen LogP contribution is -2.31. The Morgan fingerprint density at radius 1 is 1.17 bits per heavy atom. The van der Waals surface area contributed by atoms with Gasteiger partial charge in [0.05, 0.1) is 0 Å². The number of rotatable bonds is 5. The Bertz CT molecular complexity index is 387. The van der Waals surface area contributed by atoms with Crippen molar-refractivity contribution in [2.45, 2.75) is 59.0 Å². The standard InChI is InChI=1S/C16H27NO/c1-7-12(4)17(6)13(5)15-10-14(11(2)3)8-9-16(15)18/h8-13,18H,7H2,1-6H3. The molecule has 18 heavy (non-hydrogen) atoms. The second-order valence-corrected chi connectivity index (χ2v) is 5.57. The minimum Gasteiger partial charge on any atom is -0.508 e. The summed E-state index contributed by atoms with van der Waals surface area (Å²) in [5.41, 5.74) is 2.32. The van der Waals surface area contributed by atoms with Gasteiger partial charge in [0.2, 0.25) is 0 Å². The highest BCUT2D eigenvalue weighted by atomic mass is 16.3. The van der Waals surface area contributed by atoms with Crippen LogP contribution < -0.4 is 0 Å². The number of aromatic hydroxyl groups is 1. The summed E-state index contributed by atoms with van der Waals surface area (Å²) in [6.07, 6.45) is 1.12. The molecule has 0 aliphatic rings. The lowest BCUT2D eigenvalue weighted by Gasteiger charge is -2.31. The Kier molecular flexibility index (Phi) is 5.21. The fraction of sp³-hybridized carbons (Fsp3) is 0.625. The van der Waals surface area contributed by atoms with E-state index in [0.29, 0.717) is 17.7 Å². The summed E-state index contributed by atoms with van der Waals surface area (Å²) in [4.78, 5) is 2.32. The topological polar surface area (TPSA) is 23.5 Å². The first-order chi connectivity index (χ1) is 8.38. The van der Waals surface area contributed by atoms with Crippen molar-refractivity contribution in [3.8, 4) is 5.75 Å². The first-order valence-corrected chi connectivity index (χ1v) is 6.93. The van der Waals surface area contributed by atoms with E-state index in [0.717, 1.165) is 12.0 Å². The number of phenols is 1. The summed E-state index contributed by atoms with van der Waals surface area (Å²) in [6.45, 7) is 10.9. The molecule has 0 saturated heterocycles. The molecule has 0 spiro atoms. The monoisotopic (exact) mass is 249 g/mol. The summed E-state index contributed by atoms with van der Waals surface area (Å²) in [5, 5.41) is 10.1. The highest BCUT2D eigenvalue weighted by Crippen LogP contribution is 2.31. The molecule has 0 amide bonds. The van der Waals surface area contributed by atoms with Crippen LogP contribution in [0.3, 0.4) is 0 Å². The molecule has 2 unspecified atom stereocenters. The van der Waals surface area contributed by atoms with Crippen LogP contribution >= 0.6 is 0 Å². The van der Waals surface area contributed by atoms with E-state index < -0.39 is 0 Å². The Balaban J connectivity index is 3.04. The number of phenolic OH excluding ortho intramolecular Hbond substituents is 1. The van der Waals surface area contributed by atoms with Crippen molar-refractivity contribution in [2.24, 2.45) is 0 Å². The SMILES string of the molecule is CCC(C)N(C)C(C)c1cc(C(C)C)ccc1O. The highest BCUT2D eigenvalue weighted by molar-refractivity contribution is 5.39. The largest absolute Gasteiger partial charge is 0.508 e. The molecule has 0 aliphatic heterocycles. The molecule has 0 saturated carbocycles. The second-order valence-electron chi connectivity index (χ2n) is 5.57. The van der Waals surface area contributed by atoms with Gasteiger partial charge in [-0.3, -0.25) is 4.90 Å². The average Bonchev–Trinajstić information content (AvgIpc) is 2.36. The Hall–Kier alpha value is -1.02. The number of hydrogen-bond donors (Lipinski definition) is 1. The minimum absolute atomic E-state index is 0.235. The molecule has 0 bridgehead atoms. The van der Waals surface area contributed by atoms with Gasteiger partial charge in [0.1, 0.15) is 5.75 Å². The lowest BCUT2D eigenvalue weighted by molar-refractivity contribution is 0.190. The molecule has 2 heteroatoms. The molecule has 102 valence electrons. The highest BCUT2D eigenvalue weighted by Gasteiger charge is 2.19.